The topological polar surface area (TPSA) is 39.4 Å². The van der Waals surface area contributed by atoms with Crippen molar-refractivity contribution < 1.29 is 4.74 Å². The number of rotatable bonds is 2. The highest BCUT2D eigenvalue weighted by Gasteiger charge is 2.12. The molecule has 0 radical (unpaired) electrons. The lowest BCUT2D eigenvalue weighted by Gasteiger charge is -2.11. The van der Waals surface area contributed by atoms with Crippen molar-refractivity contribution in [1.82, 2.24) is 14.6 Å². The SMILES string of the molecule is COc1ccc2c(-c3ccccc3)cc3nnc(C)n3c2c1. The summed E-state index contributed by atoms with van der Waals surface area (Å²) in [5.41, 5.74) is 4.22. The first-order chi connectivity index (χ1) is 10.8. The molecule has 4 heteroatoms. The molecule has 0 unspecified atom stereocenters. The van der Waals surface area contributed by atoms with Gasteiger partial charge in [0.15, 0.2) is 5.65 Å². The Bertz CT molecular complexity index is 974. The molecule has 0 aliphatic heterocycles. The van der Waals surface area contributed by atoms with E-state index < -0.39 is 0 Å². The maximum atomic E-state index is 5.38. The molecule has 0 bridgehead atoms. The van der Waals surface area contributed by atoms with Gasteiger partial charge in [-0.3, -0.25) is 4.40 Å². The van der Waals surface area contributed by atoms with Crippen LogP contribution in [0.15, 0.2) is 54.6 Å². The molecule has 0 saturated carbocycles. The summed E-state index contributed by atoms with van der Waals surface area (Å²) in [6, 6.07) is 18.5. The molecule has 0 spiro atoms. The maximum Gasteiger partial charge on any atom is 0.161 e. The number of nitrogens with zero attached hydrogens (tertiary/aromatic N) is 3. The molecule has 0 atom stereocenters. The molecule has 0 saturated heterocycles. The maximum absolute atomic E-state index is 5.38. The number of fused-ring (bicyclic) bond motifs is 3. The molecule has 4 rings (SSSR count). The minimum absolute atomic E-state index is 0.826. The van der Waals surface area contributed by atoms with Crippen molar-refractivity contribution >= 4 is 16.6 Å². The zero-order valence-electron chi connectivity index (χ0n) is 12.4. The zero-order valence-corrected chi connectivity index (χ0v) is 12.4. The summed E-state index contributed by atoms with van der Waals surface area (Å²) >= 11 is 0. The van der Waals surface area contributed by atoms with Gasteiger partial charge in [0.1, 0.15) is 11.6 Å². The van der Waals surface area contributed by atoms with Gasteiger partial charge in [0.2, 0.25) is 0 Å². The van der Waals surface area contributed by atoms with Crippen molar-refractivity contribution in [2.24, 2.45) is 0 Å². The van der Waals surface area contributed by atoms with Crippen molar-refractivity contribution in [2.75, 3.05) is 7.11 Å². The third kappa shape index (κ3) is 1.84. The highest BCUT2D eigenvalue weighted by atomic mass is 16.5. The Labute approximate surface area is 128 Å². The van der Waals surface area contributed by atoms with E-state index in [1.54, 1.807) is 7.11 Å². The number of hydrogen-bond acceptors (Lipinski definition) is 3. The Balaban J connectivity index is 2.17. The van der Waals surface area contributed by atoms with Gasteiger partial charge in [-0.2, -0.15) is 0 Å². The standard InChI is InChI=1S/C18H15N3O/c1-12-19-20-18-11-16(13-6-4-3-5-7-13)15-9-8-14(22-2)10-17(15)21(12)18/h3-11H,1-2H3. The second-order valence-corrected chi connectivity index (χ2v) is 5.25. The summed E-state index contributed by atoms with van der Waals surface area (Å²) in [6.45, 7) is 1.96. The molecule has 4 aromatic rings. The normalized spacial score (nSPS) is 11.2. The minimum Gasteiger partial charge on any atom is -0.497 e. The van der Waals surface area contributed by atoms with E-state index >= 15 is 0 Å². The molecular formula is C18H15N3O. The summed E-state index contributed by atoms with van der Waals surface area (Å²) in [7, 11) is 1.68. The van der Waals surface area contributed by atoms with E-state index in [0.29, 0.717) is 0 Å². The smallest absolute Gasteiger partial charge is 0.161 e. The fourth-order valence-electron chi connectivity index (χ4n) is 2.88. The molecule has 108 valence electrons. The Morgan fingerprint density at radius 1 is 0.955 bits per heavy atom. The van der Waals surface area contributed by atoms with Gasteiger partial charge in [0, 0.05) is 11.5 Å². The van der Waals surface area contributed by atoms with Crippen LogP contribution in [0.5, 0.6) is 5.75 Å². The summed E-state index contributed by atoms with van der Waals surface area (Å²) in [5, 5.41) is 9.65. The number of ether oxygens (including phenoxy) is 1. The number of aromatic nitrogens is 3. The van der Waals surface area contributed by atoms with Crippen LogP contribution in [0.3, 0.4) is 0 Å². The highest BCUT2D eigenvalue weighted by Crippen LogP contribution is 2.32. The van der Waals surface area contributed by atoms with Gasteiger partial charge in [-0.15, -0.1) is 10.2 Å². The monoisotopic (exact) mass is 289 g/mol. The molecule has 2 aromatic heterocycles. The summed E-state index contributed by atoms with van der Waals surface area (Å²) in [4.78, 5) is 0. The molecular weight excluding hydrogens is 274 g/mol. The number of pyridine rings is 1. The summed E-state index contributed by atoms with van der Waals surface area (Å²) in [6.07, 6.45) is 0. The second kappa shape index (κ2) is 4.84. The fourth-order valence-corrected chi connectivity index (χ4v) is 2.88. The molecule has 22 heavy (non-hydrogen) atoms. The van der Waals surface area contributed by atoms with Crippen LogP contribution in [0, 0.1) is 6.92 Å². The molecule has 0 N–H and O–H groups in total. The number of aryl methyl sites for hydroxylation is 1. The summed E-state index contributed by atoms with van der Waals surface area (Å²) in [5.74, 6) is 1.69. The van der Waals surface area contributed by atoms with Crippen LogP contribution in [0.25, 0.3) is 27.7 Å². The van der Waals surface area contributed by atoms with Gasteiger partial charge in [-0.25, -0.2) is 0 Å². The van der Waals surface area contributed by atoms with Gasteiger partial charge in [0.05, 0.1) is 12.6 Å². The fraction of sp³-hybridized carbons (Fsp3) is 0.111. The van der Waals surface area contributed by atoms with Crippen molar-refractivity contribution in [3.63, 3.8) is 0 Å². The van der Waals surface area contributed by atoms with Gasteiger partial charge < -0.3 is 4.74 Å². The molecule has 0 aliphatic rings. The molecule has 0 aliphatic carbocycles. The van der Waals surface area contributed by atoms with Crippen LogP contribution in [-0.4, -0.2) is 21.7 Å². The van der Waals surface area contributed by atoms with Crippen LogP contribution in [-0.2, 0) is 0 Å². The number of hydrogen-bond donors (Lipinski definition) is 0. The van der Waals surface area contributed by atoms with E-state index in [4.69, 9.17) is 4.74 Å². The van der Waals surface area contributed by atoms with Crippen LogP contribution >= 0.6 is 0 Å². The minimum atomic E-state index is 0.826. The molecule has 2 aromatic carbocycles. The van der Waals surface area contributed by atoms with Crippen molar-refractivity contribution in [2.45, 2.75) is 6.92 Å². The Kier molecular flexibility index (Phi) is 2.82. The number of methoxy groups -OCH3 is 1. The largest absolute Gasteiger partial charge is 0.497 e. The summed E-state index contributed by atoms with van der Waals surface area (Å²) < 4.78 is 7.44. The molecule has 4 nitrogen and oxygen atoms in total. The average molecular weight is 289 g/mol. The van der Waals surface area contributed by atoms with Crippen molar-refractivity contribution in [1.29, 1.82) is 0 Å². The van der Waals surface area contributed by atoms with Gasteiger partial charge in [-0.1, -0.05) is 30.3 Å². The van der Waals surface area contributed by atoms with Crippen LogP contribution in [0.4, 0.5) is 0 Å². The Hall–Kier alpha value is -2.88. The van der Waals surface area contributed by atoms with Crippen LogP contribution in [0.2, 0.25) is 0 Å². The first-order valence-electron chi connectivity index (χ1n) is 7.16. The van der Waals surface area contributed by atoms with Gasteiger partial charge >= 0.3 is 0 Å². The Morgan fingerprint density at radius 2 is 1.77 bits per heavy atom. The lowest BCUT2D eigenvalue weighted by Crippen LogP contribution is -1.95. The predicted octanol–water partition coefficient (Wildman–Crippen LogP) is 3.87. The zero-order chi connectivity index (χ0) is 15.1. The highest BCUT2D eigenvalue weighted by molar-refractivity contribution is 5.97. The van der Waals surface area contributed by atoms with E-state index in [0.717, 1.165) is 33.7 Å². The lowest BCUT2D eigenvalue weighted by molar-refractivity contribution is 0.415. The average Bonchev–Trinajstić information content (AvgIpc) is 2.95. The predicted molar refractivity (Wildman–Crippen MR) is 87.2 cm³/mol. The van der Waals surface area contributed by atoms with E-state index in [2.05, 4.69) is 38.9 Å². The second-order valence-electron chi connectivity index (χ2n) is 5.25. The van der Waals surface area contributed by atoms with E-state index in [1.165, 1.54) is 5.56 Å². The van der Waals surface area contributed by atoms with E-state index in [9.17, 15) is 0 Å². The van der Waals surface area contributed by atoms with Crippen molar-refractivity contribution in [3.05, 3.63) is 60.4 Å². The molecule has 0 fully saturated rings. The lowest BCUT2D eigenvalue weighted by atomic mass is 10.0. The third-order valence-electron chi connectivity index (χ3n) is 3.94. The third-order valence-corrected chi connectivity index (χ3v) is 3.94. The molecule has 2 heterocycles. The van der Waals surface area contributed by atoms with Crippen LogP contribution in [0.1, 0.15) is 5.82 Å². The number of benzene rings is 2. The first-order valence-corrected chi connectivity index (χ1v) is 7.16. The molecule has 0 amide bonds. The first kappa shape index (κ1) is 12.8. The van der Waals surface area contributed by atoms with E-state index in [-0.39, 0.29) is 0 Å². The van der Waals surface area contributed by atoms with Gasteiger partial charge in [0.25, 0.3) is 0 Å². The van der Waals surface area contributed by atoms with Crippen molar-refractivity contribution in [3.8, 4) is 16.9 Å². The van der Waals surface area contributed by atoms with Gasteiger partial charge in [-0.05, 0) is 36.2 Å². The Morgan fingerprint density at radius 3 is 2.55 bits per heavy atom. The van der Waals surface area contributed by atoms with Crippen LogP contribution < -0.4 is 4.74 Å². The quantitative estimate of drug-likeness (QED) is 0.562. The van der Waals surface area contributed by atoms with E-state index in [1.807, 2.05) is 37.3 Å².